The van der Waals surface area contributed by atoms with Crippen LogP contribution >= 0.6 is 12.2 Å². The molecule has 3 N–H and O–H groups in total. The van der Waals surface area contributed by atoms with Crippen molar-refractivity contribution in [1.82, 2.24) is 5.32 Å². The second-order valence-electron chi connectivity index (χ2n) is 5.48. The van der Waals surface area contributed by atoms with E-state index in [-0.39, 0.29) is 11.8 Å². The molecule has 0 atom stereocenters. The average Bonchev–Trinajstić information content (AvgIpc) is 3.04. The Morgan fingerprint density at radius 3 is 2.12 bits per heavy atom. The van der Waals surface area contributed by atoms with Gasteiger partial charge in [0.1, 0.15) is 0 Å². The van der Waals surface area contributed by atoms with E-state index >= 15 is 0 Å². The van der Waals surface area contributed by atoms with Gasteiger partial charge < -0.3 is 11.1 Å². The largest absolute Gasteiger partial charge is 0.391 e. The lowest BCUT2D eigenvalue weighted by atomic mass is 9.83. The normalized spacial score (nSPS) is 24.5. The first-order valence-corrected chi connectivity index (χ1v) is 7.17. The van der Waals surface area contributed by atoms with Crippen LogP contribution in [0.4, 0.5) is 0 Å². The van der Waals surface area contributed by atoms with Gasteiger partial charge in [-0.05, 0) is 25.7 Å². The van der Waals surface area contributed by atoms with E-state index in [0.717, 1.165) is 38.5 Å². The molecule has 96 valence electrons. The third-order valence-corrected chi connectivity index (χ3v) is 4.38. The smallest absolute Gasteiger partial charge is 0.223 e. The van der Waals surface area contributed by atoms with Gasteiger partial charge >= 0.3 is 0 Å². The Morgan fingerprint density at radius 2 is 1.65 bits per heavy atom. The Kier molecular flexibility index (Phi) is 4.02. The lowest BCUT2D eigenvalue weighted by Gasteiger charge is -2.35. The molecule has 0 saturated heterocycles. The van der Waals surface area contributed by atoms with Crippen LogP contribution in [0.3, 0.4) is 0 Å². The highest BCUT2D eigenvalue weighted by Gasteiger charge is 2.39. The van der Waals surface area contributed by atoms with Gasteiger partial charge in [-0.25, -0.2) is 0 Å². The van der Waals surface area contributed by atoms with Gasteiger partial charge in [-0.15, -0.1) is 0 Å². The van der Waals surface area contributed by atoms with E-state index in [2.05, 4.69) is 5.32 Å². The molecule has 2 aliphatic rings. The van der Waals surface area contributed by atoms with E-state index < -0.39 is 5.54 Å². The number of hydrogen-bond acceptors (Lipinski definition) is 2. The first kappa shape index (κ1) is 12.8. The minimum atomic E-state index is -0.393. The molecule has 0 unspecified atom stereocenters. The minimum Gasteiger partial charge on any atom is -0.391 e. The monoisotopic (exact) mass is 254 g/mol. The van der Waals surface area contributed by atoms with Gasteiger partial charge in [-0.2, -0.15) is 0 Å². The summed E-state index contributed by atoms with van der Waals surface area (Å²) in [5.41, 5.74) is 5.51. The van der Waals surface area contributed by atoms with Gasteiger partial charge in [0.15, 0.2) is 0 Å². The van der Waals surface area contributed by atoms with Gasteiger partial charge in [0.2, 0.25) is 5.91 Å². The van der Waals surface area contributed by atoms with Crippen molar-refractivity contribution in [2.75, 3.05) is 0 Å². The van der Waals surface area contributed by atoms with Crippen LogP contribution in [0.2, 0.25) is 0 Å². The zero-order valence-electron chi connectivity index (χ0n) is 10.3. The molecule has 17 heavy (non-hydrogen) atoms. The maximum atomic E-state index is 12.0. The molecule has 0 bridgehead atoms. The van der Waals surface area contributed by atoms with Crippen molar-refractivity contribution in [3.8, 4) is 0 Å². The highest BCUT2D eigenvalue weighted by atomic mass is 32.1. The first-order chi connectivity index (χ1) is 8.14. The summed E-state index contributed by atoms with van der Waals surface area (Å²) >= 11 is 5.22. The number of nitrogens with one attached hydrogen (secondary N) is 1. The van der Waals surface area contributed by atoms with Crippen molar-refractivity contribution in [1.29, 1.82) is 0 Å². The Labute approximate surface area is 109 Å². The highest BCUT2D eigenvalue weighted by molar-refractivity contribution is 7.80. The zero-order chi connectivity index (χ0) is 12.3. The van der Waals surface area contributed by atoms with Gasteiger partial charge in [-0.3, -0.25) is 4.79 Å². The molecule has 0 radical (unpaired) electrons. The molecule has 2 rings (SSSR count). The van der Waals surface area contributed by atoms with Gasteiger partial charge in [0.05, 0.1) is 10.5 Å². The lowest BCUT2D eigenvalue weighted by molar-refractivity contribution is -0.123. The number of carbonyl (C=O) groups excluding carboxylic acids is 1. The first-order valence-electron chi connectivity index (χ1n) is 6.76. The third kappa shape index (κ3) is 3.18. The van der Waals surface area contributed by atoms with Crippen LogP contribution in [0.25, 0.3) is 0 Å². The predicted octanol–water partition coefficient (Wildman–Crippen LogP) is 2.28. The van der Waals surface area contributed by atoms with Gasteiger partial charge in [0, 0.05) is 5.92 Å². The summed E-state index contributed by atoms with van der Waals surface area (Å²) in [6.45, 7) is 0. The number of hydrogen-bond donors (Lipinski definition) is 2. The SMILES string of the molecule is NC(=S)C1(NC(=O)C2CC2)CCCCCCC1. The summed E-state index contributed by atoms with van der Waals surface area (Å²) in [4.78, 5) is 12.4. The molecule has 1 amide bonds. The molecular weight excluding hydrogens is 232 g/mol. The second kappa shape index (κ2) is 5.34. The Balaban J connectivity index is 2.05. The minimum absolute atomic E-state index is 0.165. The molecule has 2 aliphatic carbocycles. The van der Waals surface area contributed by atoms with Crippen LogP contribution in [-0.2, 0) is 4.79 Å². The van der Waals surface area contributed by atoms with E-state index in [0.29, 0.717) is 4.99 Å². The third-order valence-electron chi connectivity index (χ3n) is 3.99. The average molecular weight is 254 g/mol. The van der Waals surface area contributed by atoms with Crippen LogP contribution in [-0.4, -0.2) is 16.4 Å². The summed E-state index contributed by atoms with van der Waals surface area (Å²) < 4.78 is 0. The fourth-order valence-electron chi connectivity index (χ4n) is 2.63. The second-order valence-corrected chi connectivity index (χ2v) is 5.92. The molecule has 2 saturated carbocycles. The maximum Gasteiger partial charge on any atom is 0.223 e. The molecule has 0 aliphatic heterocycles. The van der Waals surface area contributed by atoms with Crippen molar-refractivity contribution in [3.63, 3.8) is 0 Å². The maximum absolute atomic E-state index is 12.0. The number of amides is 1. The summed E-state index contributed by atoms with van der Waals surface area (Å²) in [6.07, 6.45) is 9.86. The molecule has 3 nitrogen and oxygen atoms in total. The van der Waals surface area contributed by atoms with E-state index in [1.54, 1.807) is 0 Å². The number of rotatable bonds is 3. The van der Waals surface area contributed by atoms with E-state index in [1.807, 2.05) is 0 Å². The van der Waals surface area contributed by atoms with E-state index in [4.69, 9.17) is 18.0 Å². The van der Waals surface area contributed by atoms with Crippen LogP contribution < -0.4 is 11.1 Å². The summed E-state index contributed by atoms with van der Waals surface area (Å²) in [6, 6.07) is 0. The quantitative estimate of drug-likeness (QED) is 0.760. The zero-order valence-corrected chi connectivity index (χ0v) is 11.2. The molecule has 0 aromatic carbocycles. The topological polar surface area (TPSA) is 55.1 Å². The summed E-state index contributed by atoms with van der Waals surface area (Å²) in [7, 11) is 0. The Morgan fingerprint density at radius 1 is 1.12 bits per heavy atom. The van der Waals surface area contributed by atoms with Crippen molar-refractivity contribution in [3.05, 3.63) is 0 Å². The standard InChI is InChI=1S/C13H22N2OS/c14-12(17)13(15-11(16)10-6-7-10)8-4-2-1-3-5-9-13/h10H,1-9H2,(H2,14,17)(H,15,16). The highest BCUT2D eigenvalue weighted by Crippen LogP contribution is 2.32. The van der Waals surface area contributed by atoms with Gasteiger partial charge in [0.25, 0.3) is 0 Å². The van der Waals surface area contributed by atoms with Crippen molar-refractivity contribution in [2.45, 2.75) is 63.3 Å². The van der Waals surface area contributed by atoms with Crippen LogP contribution in [0.5, 0.6) is 0 Å². The van der Waals surface area contributed by atoms with Crippen LogP contribution in [0, 0.1) is 5.92 Å². The number of carbonyl (C=O) groups is 1. The predicted molar refractivity (Wildman–Crippen MR) is 72.7 cm³/mol. The molecule has 0 aromatic rings. The van der Waals surface area contributed by atoms with Crippen LogP contribution in [0.1, 0.15) is 57.8 Å². The summed E-state index contributed by atoms with van der Waals surface area (Å²) in [5, 5.41) is 3.16. The lowest BCUT2D eigenvalue weighted by Crippen LogP contribution is -2.57. The molecule has 0 aromatic heterocycles. The van der Waals surface area contributed by atoms with Gasteiger partial charge in [-0.1, -0.05) is 44.3 Å². The molecule has 4 heteroatoms. The molecule has 0 spiro atoms. The number of thiocarbonyl (C=S) groups is 1. The van der Waals surface area contributed by atoms with Crippen molar-refractivity contribution in [2.24, 2.45) is 11.7 Å². The number of nitrogens with two attached hydrogens (primary N) is 1. The molecule has 2 fully saturated rings. The van der Waals surface area contributed by atoms with E-state index in [1.165, 1.54) is 19.3 Å². The fraction of sp³-hybridized carbons (Fsp3) is 0.846. The molecule has 0 heterocycles. The molecular formula is C13H22N2OS. The van der Waals surface area contributed by atoms with Crippen LogP contribution in [0.15, 0.2) is 0 Å². The fourth-order valence-corrected chi connectivity index (χ4v) is 2.88. The van der Waals surface area contributed by atoms with E-state index in [9.17, 15) is 4.79 Å². The Hall–Kier alpha value is -0.640. The van der Waals surface area contributed by atoms with Crippen molar-refractivity contribution >= 4 is 23.1 Å². The summed E-state index contributed by atoms with van der Waals surface area (Å²) in [5.74, 6) is 0.394. The Bertz CT molecular complexity index is 305. The van der Waals surface area contributed by atoms with Crippen molar-refractivity contribution < 1.29 is 4.79 Å².